The summed E-state index contributed by atoms with van der Waals surface area (Å²) in [5.41, 5.74) is 1.06. The van der Waals surface area contributed by atoms with Crippen molar-refractivity contribution in [3.63, 3.8) is 0 Å². The van der Waals surface area contributed by atoms with Gasteiger partial charge in [0.15, 0.2) is 0 Å². The number of anilines is 2. The smallest absolute Gasteiger partial charge is 0.433 e. The maximum Gasteiger partial charge on any atom is 0.433 e. The minimum absolute atomic E-state index is 0.131. The van der Waals surface area contributed by atoms with Crippen LogP contribution in [0.2, 0.25) is 0 Å². The second-order valence-electron chi connectivity index (χ2n) is 9.40. The Hall–Kier alpha value is -3.01. The van der Waals surface area contributed by atoms with Gasteiger partial charge in [-0.15, -0.1) is 11.3 Å². The third-order valence-corrected chi connectivity index (χ3v) is 7.46. The molecule has 4 rings (SSSR count). The van der Waals surface area contributed by atoms with Gasteiger partial charge in [0.2, 0.25) is 5.95 Å². The SMILES string of the molecule is Cc1cc(Nc2nccc(C(F)(F)F)n2)cc(-c2cnc(C3CCC(C(=O)O)C(C)(C)C3)s2)c1. The summed E-state index contributed by atoms with van der Waals surface area (Å²) >= 11 is 1.57. The number of alkyl halides is 3. The minimum Gasteiger partial charge on any atom is -0.481 e. The first-order chi connectivity index (χ1) is 15.9. The highest BCUT2D eigenvalue weighted by molar-refractivity contribution is 7.15. The minimum atomic E-state index is -4.55. The number of thiazole rings is 1. The molecule has 0 spiro atoms. The summed E-state index contributed by atoms with van der Waals surface area (Å²) in [6, 6.07) is 6.46. The van der Waals surface area contributed by atoms with Gasteiger partial charge in [-0.25, -0.2) is 15.0 Å². The van der Waals surface area contributed by atoms with E-state index in [0.717, 1.165) is 46.1 Å². The van der Waals surface area contributed by atoms with Crippen LogP contribution in [0.3, 0.4) is 0 Å². The number of hydrogen-bond acceptors (Lipinski definition) is 6. The van der Waals surface area contributed by atoms with Gasteiger partial charge in [-0.3, -0.25) is 4.79 Å². The molecule has 2 N–H and O–H groups in total. The second-order valence-corrected chi connectivity index (χ2v) is 10.5. The lowest BCUT2D eigenvalue weighted by Gasteiger charge is -2.39. The summed E-state index contributed by atoms with van der Waals surface area (Å²) in [6.07, 6.45) is 0.484. The van der Waals surface area contributed by atoms with Crippen LogP contribution in [-0.4, -0.2) is 26.0 Å². The standard InChI is InChI=1S/C24H25F3N4O2S/c1-13-8-15(10-16(9-13)30-22-28-7-6-19(31-22)24(25,26)27)18-12-29-20(34-18)14-4-5-17(21(32)33)23(2,3)11-14/h6-10,12,14,17H,4-5,11H2,1-3H3,(H,32,33)(H,28,30,31). The van der Waals surface area contributed by atoms with Crippen molar-refractivity contribution < 1.29 is 23.1 Å². The fraction of sp³-hybridized carbons (Fsp3) is 0.417. The van der Waals surface area contributed by atoms with E-state index in [-0.39, 0.29) is 23.2 Å². The molecular weight excluding hydrogens is 465 g/mol. The van der Waals surface area contributed by atoms with Crippen LogP contribution in [0.1, 0.15) is 55.3 Å². The molecule has 1 aromatic carbocycles. The fourth-order valence-electron chi connectivity index (χ4n) is 4.62. The molecule has 6 nitrogen and oxygen atoms in total. The number of hydrogen-bond donors (Lipinski definition) is 2. The predicted molar refractivity (Wildman–Crippen MR) is 124 cm³/mol. The molecular formula is C24H25F3N4O2S. The normalized spacial score (nSPS) is 20.2. The van der Waals surface area contributed by atoms with E-state index in [4.69, 9.17) is 0 Å². The molecule has 0 bridgehead atoms. The van der Waals surface area contributed by atoms with Gasteiger partial charge in [-0.05, 0) is 60.9 Å². The highest BCUT2D eigenvalue weighted by Crippen LogP contribution is 2.48. The van der Waals surface area contributed by atoms with E-state index in [2.05, 4.69) is 20.3 Å². The highest BCUT2D eigenvalue weighted by Gasteiger charge is 2.42. The monoisotopic (exact) mass is 490 g/mol. The Balaban J connectivity index is 1.55. The van der Waals surface area contributed by atoms with Crippen molar-refractivity contribution in [1.82, 2.24) is 15.0 Å². The van der Waals surface area contributed by atoms with Gasteiger partial charge in [-0.1, -0.05) is 19.9 Å². The summed E-state index contributed by atoms with van der Waals surface area (Å²) in [6.45, 7) is 5.90. The molecule has 2 atom stereocenters. The first kappa shape index (κ1) is 24.1. The molecule has 0 aliphatic heterocycles. The van der Waals surface area contributed by atoms with Crippen molar-refractivity contribution in [2.75, 3.05) is 5.32 Å². The molecule has 3 aromatic rings. The molecule has 10 heteroatoms. The predicted octanol–water partition coefficient (Wildman–Crippen LogP) is 6.67. The number of aromatic nitrogens is 3. The Morgan fingerprint density at radius 3 is 2.65 bits per heavy atom. The van der Waals surface area contributed by atoms with Crippen LogP contribution in [-0.2, 0) is 11.0 Å². The van der Waals surface area contributed by atoms with E-state index in [1.165, 1.54) is 0 Å². The zero-order valence-corrected chi connectivity index (χ0v) is 19.8. The topological polar surface area (TPSA) is 88.0 Å². The maximum atomic E-state index is 13.0. The Labute approximate surface area is 199 Å². The van der Waals surface area contributed by atoms with Crippen LogP contribution in [0.15, 0.2) is 36.7 Å². The van der Waals surface area contributed by atoms with Crippen LogP contribution >= 0.6 is 11.3 Å². The number of benzene rings is 1. The first-order valence-corrected chi connectivity index (χ1v) is 11.7. The summed E-state index contributed by atoms with van der Waals surface area (Å²) in [5.74, 6) is -1.03. The molecule has 0 amide bonds. The van der Waals surface area contributed by atoms with Crippen LogP contribution in [0.4, 0.5) is 24.8 Å². The number of aryl methyl sites for hydroxylation is 1. The third kappa shape index (κ3) is 5.22. The number of rotatable bonds is 5. The van der Waals surface area contributed by atoms with Gasteiger partial charge in [-0.2, -0.15) is 13.2 Å². The van der Waals surface area contributed by atoms with Crippen LogP contribution in [0.5, 0.6) is 0 Å². The second kappa shape index (κ2) is 8.98. The average Bonchev–Trinajstić information content (AvgIpc) is 3.22. The first-order valence-electron chi connectivity index (χ1n) is 10.9. The maximum absolute atomic E-state index is 13.0. The van der Waals surface area contributed by atoms with E-state index < -0.39 is 17.8 Å². The quantitative estimate of drug-likeness (QED) is 0.416. The fourth-order valence-corrected chi connectivity index (χ4v) is 5.66. The molecule has 1 fully saturated rings. The molecule has 2 unspecified atom stereocenters. The zero-order chi connectivity index (χ0) is 24.7. The number of carboxylic acids is 1. The summed E-state index contributed by atoms with van der Waals surface area (Å²) < 4.78 is 38.9. The largest absolute Gasteiger partial charge is 0.481 e. The lowest BCUT2D eigenvalue weighted by molar-refractivity contribution is -0.148. The average molecular weight is 491 g/mol. The number of carbonyl (C=O) groups is 1. The molecule has 180 valence electrons. The molecule has 1 saturated carbocycles. The van der Waals surface area contributed by atoms with E-state index in [9.17, 15) is 23.1 Å². The number of nitrogens with zero attached hydrogens (tertiary/aromatic N) is 3. The zero-order valence-electron chi connectivity index (χ0n) is 19.0. The van der Waals surface area contributed by atoms with Gasteiger partial charge in [0, 0.05) is 24.0 Å². The number of nitrogens with one attached hydrogen (secondary N) is 1. The Bertz CT molecular complexity index is 1210. The number of aliphatic carboxylic acids is 1. The van der Waals surface area contributed by atoms with E-state index in [1.54, 1.807) is 17.5 Å². The van der Waals surface area contributed by atoms with Crippen LogP contribution in [0, 0.1) is 18.3 Å². The van der Waals surface area contributed by atoms with E-state index >= 15 is 0 Å². The van der Waals surface area contributed by atoms with Gasteiger partial charge in [0.05, 0.1) is 15.8 Å². The molecule has 0 radical (unpaired) electrons. The molecule has 1 aliphatic rings. The van der Waals surface area contributed by atoms with Crippen molar-refractivity contribution >= 4 is 28.9 Å². The van der Waals surface area contributed by atoms with Crippen molar-refractivity contribution in [2.24, 2.45) is 11.3 Å². The lowest BCUT2D eigenvalue weighted by Crippen LogP contribution is -2.36. The summed E-state index contributed by atoms with van der Waals surface area (Å²) in [7, 11) is 0. The van der Waals surface area contributed by atoms with Gasteiger partial charge in [0.25, 0.3) is 0 Å². The molecule has 2 aromatic heterocycles. The molecule has 1 aliphatic carbocycles. The van der Waals surface area contributed by atoms with Gasteiger partial charge in [0.1, 0.15) is 5.69 Å². The number of halogens is 3. The highest BCUT2D eigenvalue weighted by atomic mass is 32.1. The van der Waals surface area contributed by atoms with Crippen molar-refractivity contribution in [3.8, 4) is 10.4 Å². The Morgan fingerprint density at radius 1 is 1.21 bits per heavy atom. The number of carboxylic acid groups (broad SMARTS) is 1. The molecule has 2 heterocycles. The molecule has 0 saturated heterocycles. The van der Waals surface area contributed by atoms with Crippen molar-refractivity contribution in [2.45, 2.75) is 52.1 Å². The summed E-state index contributed by atoms with van der Waals surface area (Å²) in [5, 5.41) is 13.4. The van der Waals surface area contributed by atoms with E-state index in [1.807, 2.05) is 39.0 Å². The van der Waals surface area contributed by atoms with Gasteiger partial charge >= 0.3 is 12.1 Å². The van der Waals surface area contributed by atoms with E-state index in [0.29, 0.717) is 12.1 Å². The Kier molecular flexibility index (Phi) is 6.37. The van der Waals surface area contributed by atoms with Crippen molar-refractivity contribution in [3.05, 3.63) is 52.9 Å². The van der Waals surface area contributed by atoms with Crippen molar-refractivity contribution in [1.29, 1.82) is 0 Å². The Morgan fingerprint density at radius 2 is 1.97 bits per heavy atom. The van der Waals surface area contributed by atoms with Crippen LogP contribution < -0.4 is 5.32 Å². The molecule has 34 heavy (non-hydrogen) atoms. The summed E-state index contributed by atoms with van der Waals surface area (Å²) in [4.78, 5) is 24.6. The van der Waals surface area contributed by atoms with Gasteiger partial charge < -0.3 is 10.4 Å². The third-order valence-electron chi connectivity index (χ3n) is 6.25. The van der Waals surface area contributed by atoms with Crippen LogP contribution in [0.25, 0.3) is 10.4 Å². The lowest BCUT2D eigenvalue weighted by atomic mass is 9.65.